The number of rotatable bonds is 7. The Balaban J connectivity index is 2.49. The molecule has 18 heavy (non-hydrogen) atoms. The summed E-state index contributed by atoms with van der Waals surface area (Å²) in [7, 11) is 0. The molecule has 0 saturated heterocycles. The van der Waals surface area contributed by atoms with Crippen molar-refractivity contribution < 1.29 is 9.50 Å². The van der Waals surface area contributed by atoms with Gasteiger partial charge in [0.05, 0.1) is 18.0 Å². The number of aromatic nitrogens is 1. The first-order valence-electron chi connectivity index (χ1n) is 6.62. The van der Waals surface area contributed by atoms with Crippen molar-refractivity contribution >= 4 is 0 Å². The SMILES string of the molecule is CCC(C)N(CC)CCC(O)c1ccc(F)cn1. The second kappa shape index (κ2) is 7.44. The zero-order chi connectivity index (χ0) is 13.5. The van der Waals surface area contributed by atoms with Gasteiger partial charge in [-0.2, -0.15) is 0 Å². The number of hydrogen-bond acceptors (Lipinski definition) is 3. The molecule has 0 aliphatic carbocycles. The molecule has 0 aromatic carbocycles. The van der Waals surface area contributed by atoms with E-state index in [2.05, 4.69) is 30.7 Å². The quantitative estimate of drug-likeness (QED) is 0.813. The van der Waals surface area contributed by atoms with Crippen LogP contribution < -0.4 is 0 Å². The predicted octanol–water partition coefficient (Wildman–Crippen LogP) is 2.76. The minimum atomic E-state index is -0.622. The molecule has 1 aromatic rings. The van der Waals surface area contributed by atoms with E-state index >= 15 is 0 Å². The lowest BCUT2D eigenvalue weighted by atomic mass is 10.1. The molecule has 102 valence electrons. The van der Waals surface area contributed by atoms with Gasteiger partial charge in [-0.15, -0.1) is 0 Å². The molecule has 0 radical (unpaired) electrons. The molecule has 0 saturated carbocycles. The topological polar surface area (TPSA) is 36.4 Å². The zero-order valence-corrected chi connectivity index (χ0v) is 11.4. The maximum absolute atomic E-state index is 12.7. The van der Waals surface area contributed by atoms with Crippen molar-refractivity contribution in [3.8, 4) is 0 Å². The Morgan fingerprint density at radius 2 is 2.11 bits per heavy atom. The van der Waals surface area contributed by atoms with Gasteiger partial charge in [0.2, 0.25) is 0 Å². The summed E-state index contributed by atoms with van der Waals surface area (Å²) >= 11 is 0. The molecular formula is C14H23FN2O. The van der Waals surface area contributed by atoms with Crippen molar-refractivity contribution in [2.24, 2.45) is 0 Å². The molecule has 3 nitrogen and oxygen atoms in total. The predicted molar refractivity (Wildman–Crippen MR) is 70.8 cm³/mol. The van der Waals surface area contributed by atoms with Crippen LogP contribution in [0.15, 0.2) is 18.3 Å². The Labute approximate surface area is 109 Å². The van der Waals surface area contributed by atoms with E-state index in [9.17, 15) is 9.50 Å². The van der Waals surface area contributed by atoms with E-state index in [0.717, 1.165) is 25.7 Å². The molecule has 0 spiro atoms. The summed E-state index contributed by atoms with van der Waals surface area (Å²) in [6.45, 7) is 8.26. The van der Waals surface area contributed by atoms with Gasteiger partial charge < -0.3 is 10.0 Å². The van der Waals surface area contributed by atoms with Crippen LogP contribution in [0.4, 0.5) is 4.39 Å². The standard InChI is InChI=1S/C14H23FN2O/c1-4-11(3)17(5-2)9-8-14(18)13-7-6-12(15)10-16-13/h6-7,10-11,14,18H,4-5,8-9H2,1-3H3. The van der Waals surface area contributed by atoms with E-state index in [1.54, 1.807) is 6.07 Å². The lowest BCUT2D eigenvalue weighted by Crippen LogP contribution is -2.34. The fraction of sp³-hybridized carbons (Fsp3) is 0.643. The summed E-state index contributed by atoms with van der Waals surface area (Å²) in [5, 5.41) is 10.00. The number of aliphatic hydroxyl groups is 1. The molecule has 4 heteroatoms. The van der Waals surface area contributed by atoms with E-state index in [0.29, 0.717) is 18.2 Å². The van der Waals surface area contributed by atoms with Crippen molar-refractivity contribution in [3.63, 3.8) is 0 Å². The van der Waals surface area contributed by atoms with Gasteiger partial charge in [0.25, 0.3) is 0 Å². The van der Waals surface area contributed by atoms with E-state index in [1.807, 2.05) is 0 Å². The summed E-state index contributed by atoms with van der Waals surface area (Å²) in [6.07, 6.45) is 2.24. The minimum Gasteiger partial charge on any atom is -0.387 e. The van der Waals surface area contributed by atoms with Crippen LogP contribution in [-0.4, -0.2) is 34.1 Å². The summed E-state index contributed by atoms with van der Waals surface area (Å²) in [4.78, 5) is 6.23. The first-order chi connectivity index (χ1) is 8.58. The molecule has 0 aliphatic rings. The third kappa shape index (κ3) is 4.35. The van der Waals surface area contributed by atoms with Gasteiger partial charge in [-0.3, -0.25) is 4.98 Å². The second-order valence-corrected chi connectivity index (χ2v) is 4.59. The first-order valence-corrected chi connectivity index (χ1v) is 6.62. The van der Waals surface area contributed by atoms with Crippen LogP contribution in [-0.2, 0) is 0 Å². The van der Waals surface area contributed by atoms with Crippen LogP contribution in [0, 0.1) is 5.82 Å². The van der Waals surface area contributed by atoms with Gasteiger partial charge in [-0.1, -0.05) is 13.8 Å². The number of halogens is 1. The summed E-state index contributed by atoms with van der Waals surface area (Å²) in [6, 6.07) is 3.39. The highest BCUT2D eigenvalue weighted by Crippen LogP contribution is 2.16. The van der Waals surface area contributed by atoms with Gasteiger partial charge in [-0.05, 0) is 38.4 Å². The van der Waals surface area contributed by atoms with Gasteiger partial charge >= 0.3 is 0 Å². The molecule has 2 atom stereocenters. The molecule has 1 heterocycles. The Morgan fingerprint density at radius 1 is 1.39 bits per heavy atom. The van der Waals surface area contributed by atoms with Crippen molar-refractivity contribution in [1.82, 2.24) is 9.88 Å². The summed E-state index contributed by atoms with van der Waals surface area (Å²) in [5.41, 5.74) is 0.539. The molecule has 2 unspecified atom stereocenters. The van der Waals surface area contributed by atoms with E-state index in [1.165, 1.54) is 6.07 Å². The smallest absolute Gasteiger partial charge is 0.141 e. The Morgan fingerprint density at radius 3 is 2.61 bits per heavy atom. The Bertz CT molecular complexity index is 342. The third-order valence-electron chi connectivity index (χ3n) is 3.40. The highest BCUT2D eigenvalue weighted by atomic mass is 19.1. The average Bonchev–Trinajstić information content (AvgIpc) is 2.39. The number of pyridine rings is 1. The summed E-state index contributed by atoms with van der Waals surface area (Å²) < 4.78 is 12.7. The van der Waals surface area contributed by atoms with Crippen molar-refractivity contribution in [3.05, 3.63) is 29.8 Å². The van der Waals surface area contributed by atoms with Crippen LogP contribution in [0.2, 0.25) is 0 Å². The molecule has 1 aromatic heterocycles. The van der Waals surface area contributed by atoms with Crippen molar-refractivity contribution in [1.29, 1.82) is 0 Å². The first kappa shape index (κ1) is 15.1. The minimum absolute atomic E-state index is 0.374. The third-order valence-corrected chi connectivity index (χ3v) is 3.40. The highest BCUT2D eigenvalue weighted by molar-refractivity contribution is 5.07. The van der Waals surface area contributed by atoms with Crippen molar-refractivity contribution in [2.45, 2.75) is 45.8 Å². The van der Waals surface area contributed by atoms with Gasteiger partial charge in [0.15, 0.2) is 0 Å². The largest absolute Gasteiger partial charge is 0.387 e. The van der Waals surface area contributed by atoms with Crippen molar-refractivity contribution in [2.75, 3.05) is 13.1 Å². The van der Waals surface area contributed by atoms with Gasteiger partial charge in [0, 0.05) is 12.6 Å². The molecular weight excluding hydrogens is 231 g/mol. The summed E-state index contributed by atoms with van der Waals surface area (Å²) in [5.74, 6) is -0.374. The van der Waals surface area contributed by atoms with E-state index in [4.69, 9.17) is 0 Å². The van der Waals surface area contributed by atoms with Crippen LogP contribution in [0.25, 0.3) is 0 Å². The number of aliphatic hydroxyl groups excluding tert-OH is 1. The maximum atomic E-state index is 12.7. The second-order valence-electron chi connectivity index (χ2n) is 4.59. The monoisotopic (exact) mass is 254 g/mol. The average molecular weight is 254 g/mol. The van der Waals surface area contributed by atoms with Gasteiger partial charge in [-0.25, -0.2) is 4.39 Å². The lowest BCUT2D eigenvalue weighted by Gasteiger charge is -2.27. The molecule has 0 amide bonds. The highest BCUT2D eigenvalue weighted by Gasteiger charge is 2.14. The lowest BCUT2D eigenvalue weighted by molar-refractivity contribution is 0.125. The van der Waals surface area contributed by atoms with Gasteiger partial charge in [0.1, 0.15) is 5.82 Å². The molecule has 1 N–H and O–H groups in total. The molecule has 0 bridgehead atoms. The number of hydrogen-bond donors (Lipinski definition) is 1. The van der Waals surface area contributed by atoms with E-state index < -0.39 is 6.10 Å². The van der Waals surface area contributed by atoms with Crippen LogP contribution >= 0.6 is 0 Å². The fourth-order valence-corrected chi connectivity index (χ4v) is 1.97. The molecule has 1 rings (SSSR count). The normalized spacial score (nSPS) is 14.8. The Kier molecular flexibility index (Phi) is 6.22. The number of nitrogens with zero attached hydrogens (tertiary/aromatic N) is 2. The van der Waals surface area contributed by atoms with Crippen LogP contribution in [0.5, 0.6) is 0 Å². The molecule has 0 aliphatic heterocycles. The van der Waals surface area contributed by atoms with E-state index in [-0.39, 0.29) is 5.82 Å². The fourth-order valence-electron chi connectivity index (χ4n) is 1.97. The van der Waals surface area contributed by atoms with Crippen LogP contribution in [0.3, 0.4) is 0 Å². The van der Waals surface area contributed by atoms with Crippen LogP contribution in [0.1, 0.15) is 45.4 Å². The zero-order valence-electron chi connectivity index (χ0n) is 11.4. The maximum Gasteiger partial charge on any atom is 0.141 e. The molecule has 0 fully saturated rings. The Hall–Kier alpha value is -1.00.